The highest BCUT2D eigenvalue weighted by atomic mass is 16.5. The van der Waals surface area contributed by atoms with Crippen LogP contribution in [0.4, 0.5) is 0 Å². The zero-order valence-electron chi connectivity index (χ0n) is 18.6. The van der Waals surface area contributed by atoms with Gasteiger partial charge in [-0.2, -0.15) is 0 Å². The van der Waals surface area contributed by atoms with Gasteiger partial charge in [-0.1, -0.05) is 18.2 Å². The molecule has 0 saturated carbocycles. The number of ketones is 1. The molecule has 1 amide bonds. The van der Waals surface area contributed by atoms with Crippen LogP contribution in [0.2, 0.25) is 0 Å². The molecule has 0 unspecified atom stereocenters. The van der Waals surface area contributed by atoms with E-state index >= 15 is 0 Å². The molecular formula is C24H30N2O5. The third-order valence-corrected chi connectivity index (χ3v) is 5.83. The summed E-state index contributed by atoms with van der Waals surface area (Å²) in [4.78, 5) is 40.5. The van der Waals surface area contributed by atoms with Gasteiger partial charge < -0.3 is 18.9 Å². The highest BCUT2D eigenvalue weighted by molar-refractivity contribution is 6.06. The van der Waals surface area contributed by atoms with Crippen molar-refractivity contribution < 1.29 is 23.9 Å². The maximum Gasteiger partial charge on any atom is 0.354 e. The van der Waals surface area contributed by atoms with E-state index in [0.29, 0.717) is 47.8 Å². The van der Waals surface area contributed by atoms with Crippen LogP contribution in [0.3, 0.4) is 0 Å². The molecule has 2 aromatic rings. The molecule has 0 aliphatic carbocycles. The fraction of sp³-hybridized carbons (Fsp3) is 0.458. The van der Waals surface area contributed by atoms with Crippen LogP contribution in [-0.4, -0.2) is 60.0 Å². The summed E-state index contributed by atoms with van der Waals surface area (Å²) in [6, 6.07) is 8.94. The van der Waals surface area contributed by atoms with Crippen LogP contribution in [0.15, 0.2) is 30.3 Å². The Morgan fingerprint density at radius 3 is 2.48 bits per heavy atom. The van der Waals surface area contributed by atoms with Crippen LogP contribution in [0.1, 0.15) is 62.2 Å². The van der Waals surface area contributed by atoms with E-state index in [1.807, 2.05) is 19.9 Å². The van der Waals surface area contributed by atoms with E-state index in [1.165, 1.54) is 7.11 Å². The van der Waals surface area contributed by atoms with E-state index < -0.39 is 5.97 Å². The molecule has 1 atom stereocenters. The fourth-order valence-electron chi connectivity index (χ4n) is 4.33. The Labute approximate surface area is 182 Å². The van der Waals surface area contributed by atoms with Crippen molar-refractivity contribution in [1.82, 2.24) is 9.47 Å². The smallest absolute Gasteiger partial charge is 0.354 e. The summed E-state index contributed by atoms with van der Waals surface area (Å²) in [5, 5.41) is 0. The Morgan fingerprint density at radius 1 is 1.19 bits per heavy atom. The molecule has 7 heteroatoms. The van der Waals surface area contributed by atoms with E-state index in [9.17, 15) is 14.4 Å². The summed E-state index contributed by atoms with van der Waals surface area (Å²) in [5.41, 5.74) is 2.67. The molecule has 0 spiro atoms. The number of hydrogen-bond acceptors (Lipinski definition) is 5. The van der Waals surface area contributed by atoms with Crippen molar-refractivity contribution in [2.45, 2.75) is 46.3 Å². The molecule has 3 rings (SSSR count). The maximum absolute atomic E-state index is 13.4. The molecule has 0 radical (unpaired) electrons. The average Bonchev–Trinajstić information content (AvgIpc) is 3.37. The van der Waals surface area contributed by atoms with Gasteiger partial charge in [-0.05, 0) is 51.3 Å². The van der Waals surface area contributed by atoms with Crippen LogP contribution < -0.4 is 0 Å². The zero-order valence-corrected chi connectivity index (χ0v) is 18.6. The quantitative estimate of drug-likeness (QED) is 0.477. The first-order valence-corrected chi connectivity index (χ1v) is 10.7. The minimum atomic E-state index is -0.474. The van der Waals surface area contributed by atoms with Crippen LogP contribution in [0.5, 0.6) is 0 Å². The molecule has 166 valence electrons. The van der Waals surface area contributed by atoms with Gasteiger partial charge in [0, 0.05) is 36.5 Å². The Balaban J connectivity index is 1.92. The minimum Gasteiger partial charge on any atom is -0.464 e. The van der Waals surface area contributed by atoms with Crippen LogP contribution in [0.25, 0.3) is 0 Å². The number of ether oxygens (including phenoxy) is 2. The molecule has 1 saturated heterocycles. The molecule has 0 N–H and O–H groups in total. The lowest BCUT2D eigenvalue weighted by Gasteiger charge is -2.25. The lowest BCUT2D eigenvalue weighted by Crippen LogP contribution is -2.41. The number of Topliss-reactive ketones (excluding diaryl/α,β-unsaturated/α-hetero) is 1. The van der Waals surface area contributed by atoms with Gasteiger partial charge in [-0.3, -0.25) is 9.59 Å². The van der Waals surface area contributed by atoms with Crippen LogP contribution in [0, 0.1) is 13.8 Å². The van der Waals surface area contributed by atoms with Gasteiger partial charge in [-0.25, -0.2) is 4.79 Å². The number of methoxy groups -OCH3 is 1. The summed E-state index contributed by atoms with van der Waals surface area (Å²) in [5.74, 6) is -0.879. The van der Waals surface area contributed by atoms with Crippen molar-refractivity contribution in [3.05, 3.63) is 58.4 Å². The number of amides is 1. The van der Waals surface area contributed by atoms with Crippen molar-refractivity contribution >= 4 is 17.7 Å². The average molecular weight is 427 g/mol. The Kier molecular flexibility index (Phi) is 7.28. The number of aromatic nitrogens is 1. The van der Waals surface area contributed by atoms with Gasteiger partial charge in [-0.15, -0.1) is 0 Å². The highest BCUT2D eigenvalue weighted by Crippen LogP contribution is 2.25. The molecule has 7 nitrogen and oxygen atoms in total. The maximum atomic E-state index is 13.4. The van der Waals surface area contributed by atoms with Gasteiger partial charge in [0.15, 0.2) is 5.78 Å². The van der Waals surface area contributed by atoms with Gasteiger partial charge in [0.1, 0.15) is 5.69 Å². The van der Waals surface area contributed by atoms with Crippen LogP contribution in [-0.2, 0) is 16.0 Å². The van der Waals surface area contributed by atoms with Gasteiger partial charge in [0.05, 0.1) is 19.8 Å². The number of rotatable bonds is 8. The number of esters is 1. The van der Waals surface area contributed by atoms with E-state index in [0.717, 1.165) is 12.8 Å². The third-order valence-electron chi connectivity index (χ3n) is 5.83. The predicted molar refractivity (Wildman–Crippen MR) is 117 cm³/mol. The van der Waals surface area contributed by atoms with E-state index in [4.69, 9.17) is 9.47 Å². The lowest BCUT2D eigenvalue weighted by atomic mass is 10.0. The first-order valence-electron chi connectivity index (χ1n) is 10.7. The molecule has 31 heavy (non-hydrogen) atoms. The summed E-state index contributed by atoms with van der Waals surface area (Å²) >= 11 is 0. The van der Waals surface area contributed by atoms with Crippen molar-refractivity contribution in [2.75, 3.05) is 26.8 Å². The van der Waals surface area contributed by atoms with E-state index in [2.05, 4.69) is 0 Å². The van der Waals surface area contributed by atoms with Crippen LogP contribution >= 0.6 is 0 Å². The molecule has 1 aliphatic heterocycles. The summed E-state index contributed by atoms with van der Waals surface area (Å²) in [7, 11) is 1.33. The summed E-state index contributed by atoms with van der Waals surface area (Å²) in [6.07, 6.45) is 1.74. The number of carbonyl (C=O) groups excluding carboxylic acids is 3. The molecule has 1 aromatic carbocycles. The normalized spacial score (nSPS) is 15.7. The first kappa shape index (κ1) is 22.7. The highest BCUT2D eigenvalue weighted by Gasteiger charge is 2.30. The lowest BCUT2D eigenvalue weighted by molar-refractivity contribution is 0.0506. The molecule has 1 aliphatic rings. The molecule has 1 fully saturated rings. The molecule has 1 aromatic heterocycles. The Hall–Kier alpha value is -2.93. The second kappa shape index (κ2) is 9.92. The number of carbonyl (C=O) groups is 3. The van der Waals surface area contributed by atoms with Crippen molar-refractivity contribution in [1.29, 1.82) is 0 Å². The summed E-state index contributed by atoms with van der Waals surface area (Å²) in [6.45, 7) is 6.97. The largest absolute Gasteiger partial charge is 0.464 e. The minimum absolute atomic E-state index is 0.0754. The third kappa shape index (κ3) is 4.71. The van der Waals surface area contributed by atoms with Gasteiger partial charge in [0.2, 0.25) is 0 Å². The molecule has 0 bridgehead atoms. The monoisotopic (exact) mass is 426 g/mol. The second-order valence-corrected chi connectivity index (χ2v) is 7.78. The second-order valence-electron chi connectivity index (χ2n) is 7.78. The van der Waals surface area contributed by atoms with Gasteiger partial charge in [0.25, 0.3) is 5.91 Å². The topological polar surface area (TPSA) is 77.8 Å². The first-order chi connectivity index (χ1) is 14.9. The number of benzene rings is 1. The predicted octanol–water partition coefficient (Wildman–Crippen LogP) is 3.42. The SMILES string of the molecule is CCn1c(C)c(C(=O)CN(C[C@@H]2CCCO2)C(=O)c2ccccc2)c(C)c1C(=O)OC. The van der Waals surface area contributed by atoms with Crippen molar-refractivity contribution in [3.8, 4) is 0 Å². The fourth-order valence-corrected chi connectivity index (χ4v) is 4.33. The zero-order chi connectivity index (χ0) is 22.5. The number of nitrogens with zero attached hydrogens (tertiary/aromatic N) is 2. The van der Waals surface area contributed by atoms with E-state index in [-0.39, 0.29) is 24.3 Å². The van der Waals surface area contributed by atoms with Crippen molar-refractivity contribution in [3.63, 3.8) is 0 Å². The standard InChI is InChI=1S/C24H30N2O5/c1-5-26-17(3)21(16(2)22(26)24(29)30-4)20(27)15-25(14-19-12-9-13-31-19)23(28)18-10-7-6-8-11-18/h6-8,10-11,19H,5,9,12-15H2,1-4H3/t19-/m0/s1. The number of hydrogen-bond donors (Lipinski definition) is 0. The Bertz CT molecular complexity index is 958. The molecule has 2 heterocycles. The summed E-state index contributed by atoms with van der Waals surface area (Å²) < 4.78 is 12.4. The molecular weight excluding hydrogens is 396 g/mol. The van der Waals surface area contributed by atoms with Crippen molar-refractivity contribution in [2.24, 2.45) is 0 Å². The van der Waals surface area contributed by atoms with Gasteiger partial charge >= 0.3 is 5.97 Å². The Morgan fingerprint density at radius 2 is 1.90 bits per heavy atom. The van der Waals surface area contributed by atoms with E-state index in [1.54, 1.807) is 40.7 Å².